The summed E-state index contributed by atoms with van der Waals surface area (Å²) < 4.78 is 2.14. The van der Waals surface area contributed by atoms with Crippen LogP contribution in [-0.4, -0.2) is 15.1 Å². The summed E-state index contributed by atoms with van der Waals surface area (Å²) in [5.41, 5.74) is 2.76. The SMILES string of the molecule is CCc1nn(CC)c(CC2(CBr)CC3CCC2C3)c1Cl. The molecule has 2 aliphatic rings. The van der Waals surface area contributed by atoms with Crippen molar-refractivity contribution in [2.24, 2.45) is 17.3 Å². The van der Waals surface area contributed by atoms with Crippen LogP contribution in [0.3, 0.4) is 0 Å². The Kier molecular flexibility index (Phi) is 4.20. The van der Waals surface area contributed by atoms with Crippen molar-refractivity contribution in [3.05, 3.63) is 16.4 Å². The lowest BCUT2D eigenvalue weighted by Crippen LogP contribution is -2.33. The van der Waals surface area contributed by atoms with Crippen LogP contribution >= 0.6 is 27.5 Å². The molecule has 20 heavy (non-hydrogen) atoms. The summed E-state index contributed by atoms with van der Waals surface area (Å²) in [5.74, 6) is 1.84. The van der Waals surface area contributed by atoms with Crippen LogP contribution in [0.5, 0.6) is 0 Å². The maximum Gasteiger partial charge on any atom is 0.0850 e. The van der Waals surface area contributed by atoms with Crippen molar-refractivity contribution in [3.63, 3.8) is 0 Å². The van der Waals surface area contributed by atoms with E-state index in [9.17, 15) is 0 Å². The fourth-order valence-electron chi connectivity index (χ4n) is 4.51. The summed E-state index contributed by atoms with van der Waals surface area (Å²) in [6, 6.07) is 0. The molecule has 2 saturated carbocycles. The fraction of sp³-hybridized carbons (Fsp3) is 0.812. The van der Waals surface area contributed by atoms with Crippen molar-refractivity contribution in [2.75, 3.05) is 5.33 Å². The Morgan fingerprint density at radius 2 is 2.20 bits per heavy atom. The van der Waals surface area contributed by atoms with E-state index in [0.717, 1.165) is 47.3 Å². The molecule has 2 bridgehead atoms. The van der Waals surface area contributed by atoms with E-state index >= 15 is 0 Å². The van der Waals surface area contributed by atoms with Crippen molar-refractivity contribution < 1.29 is 0 Å². The van der Waals surface area contributed by atoms with Gasteiger partial charge >= 0.3 is 0 Å². The van der Waals surface area contributed by atoms with E-state index in [-0.39, 0.29) is 0 Å². The molecule has 1 aromatic heterocycles. The normalized spacial score (nSPS) is 32.2. The van der Waals surface area contributed by atoms with Crippen LogP contribution in [-0.2, 0) is 19.4 Å². The predicted octanol–water partition coefficient (Wildman–Crippen LogP) is 4.86. The third kappa shape index (κ3) is 2.25. The summed E-state index contributed by atoms with van der Waals surface area (Å²) in [5, 5.41) is 6.72. The molecule has 0 aliphatic heterocycles. The third-order valence-corrected chi connectivity index (χ3v) is 7.14. The smallest absolute Gasteiger partial charge is 0.0850 e. The van der Waals surface area contributed by atoms with Gasteiger partial charge in [-0.2, -0.15) is 5.10 Å². The van der Waals surface area contributed by atoms with Crippen LogP contribution in [0.4, 0.5) is 0 Å². The maximum atomic E-state index is 6.61. The molecule has 0 aromatic carbocycles. The van der Waals surface area contributed by atoms with Gasteiger partial charge in [0, 0.05) is 11.9 Å². The van der Waals surface area contributed by atoms with Crippen LogP contribution in [0, 0.1) is 17.3 Å². The van der Waals surface area contributed by atoms with Crippen LogP contribution in [0.1, 0.15) is 50.9 Å². The first kappa shape index (κ1) is 14.9. The van der Waals surface area contributed by atoms with Gasteiger partial charge in [0.05, 0.1) is 16.4 Å². The van der Waals surface area contributed by atoms with E-state index in [4.69, 9.17) is 11.6 Å². The molecular weight excluding hydrogens is 336 g/mol. The number of hydrogen-bond acceptors (Lipinski definition) is 1. The van der Waals surface area contributed by atoms with Gasteiger partial charge in [0.2, 0.25) is 0 Å². The van der Waals surface area contributed by atoms with Crippen LogP contribution in [0.25, 0.3) is 0 Å². The summed E-state index contributed by atoms with van der Waals surface area (Å²) in [6.07, 6.45) is 7.68. The van der Waals surface area contributed by atoms with Crippen molar-refractivity contribution in [1.82, 2.24) is 9.78 Å². The fourth-order valence-corrected chi connectivity index (χ4v) is 5.73. The van der Waals surface area contributed by atoms with E-state index < -0.39 is 0 Å². The van der Waals surface area contributed by atoms with E-state index in [1.165, 1.54) is 31.4 Å². The maximum absolute atomic E-state index is 6.61. The lowest BCUT2D eigenvalue weighted by Gasteiger charge is -2.36. The number of rotatable bonds is 5. The molecule has 0 spiro atoms. The van der Waals surface area contributed by atoms with Crippen LogP contribution in [0.2, 0.25) is 5.02 Å². The number of halogens is 2. The van der Waals surface area contributed by atoms with Gasteiger partial charge in [-0.25, -0.2) is 0 Å². The third-order valence-electron chi connectivity index (χ3n) is 5.58. The summed E-state index contributed by atoms with van der Waals surface area (Å²) in [4.78, 5) is 0. The summed E-state index contributed by atoms with van der Waals surface area (Å²) in [7, 11) is 0. The zero-order valence-electron chi connectivity index (χ0n) is 12.5. The minimum absolute atomic E-state index is 0.421. The van der Waals surface area contributed by atoms with Crippen molar-refractivity contribution in [2.45, 2.75) is 58.9 Å². The number of nitrogens with zero attached hydrogens (tertiary/aromatic N) is 2. The van der Waals surface area contributed by atoms with E-state index in [1.807, 2.05) is 0 Å². The molecule has 1 aromatic rings. The van der Waals surface area contributed by atoms with Gasteiger partial charge in [-0.15, -0.1) is 0 Å². The Balaban J connectivity index is 1.92. The summed E-state index contributed by atoms with van der Waals surface area (Å²) >= 11 is 10.4. The second-order valence-corrected chi connectivity index (χ2v) is 7.57. The Morgan fingerprint density at radius 1 is 1.40 bits per heavy atom. The largest absolute Gasteiger partial charge is 0.268 e. The molecule has 4 heteroatoms. The van der Waals surface area contributed by atoms with Gasteiger partial charge in [0.15, 0.2) is 0 Å². The lowest BCUT2D eigenvalue weighted by molar-refractivity contribution is 0.192. The van der Waals surface area contributed by atoms with Gasteiger partial charge in [0.25, 0.3) is 0 Å². The second-order valence-electron chi connectivity index (χ2n) is 6.63. The number of alkyl halides is 1. The highest BCUT2D eigenvalue weighted by Crippen LogP contribution is 2.58. The van der Waals surface area contributed by atoms with Gasteiger partial charge in [-0.05, 0) is 56.3 Å². The highest BCUT2D eigenvalue weighted by atomic mass is 79.9. The highest BCUT2D eigenvalue weighted by molar-refractivity contribution is 9.09. The zero-order chi connectivity index (χ0) is 14.3. The first-order chi connectivity index (χ1) is 9.63. The predicted molar refractivity (Wildman–Crippen MR) is 87.7 cm³/mol. The Hall–Kier alpha value is -0.0200. The zero-order valence-corrected chi connectivity index (χ0v) is 14.8. The quantitative estimate of drug-likeness (QED) is 0.686. The van der Waals surface area contributed by atoms with Gasteiger partial charge in [-0.1, -0.05) is 40.9 Å². The van der Waals surface area contributed by atoms with Crippen molar-refractivity contribution >= 4 is 27.5 Å². The Bertz CT molecular complexity index is 499. The molecule has 2 nitrogen and oxygen atoms in total. The molecule has 112 valence electrons. The average molecular weight is 360 g/mol. The monoisotopic (exact) mass is 358 g/mol. The first-order valence-electron chi connectivity index (χ1n) is 7.93. The van der Waals surface area contributed by atoms with Crippen molar-refractivity contribution in [1.29, 1.82) is 0 Å². The average Bonchev–Trinajstić information content (AvgIpc) is 3.14. The molecule has 0 amide bonds. The summed E-state index contributed by atoms with van der Waals surface area (Å²) in [6.45, 7) is 5.21. The van der Waals surface area contributed by atoms with E-state index in [2.05, 4.69) is 39.6 Å². The molecule has 0 saturated heterocycles. The van der Waals surface area contributed by atoms with Crippen LogP contribution < -0.4 is 0 Å². The van der Waals surface area contributed by atoms with E-state index in [0.29, 0.717) is 5.41 Å². The molecule has 0 radical (unpaired) electrons. The van der Waals surface area contributed by atoms with Crippen molar-refractivity contribution in [3.8, 4) is 0 Å². The highest BCUT2D eigenvalue weighted by Gasteiger charge is 2.50. The number of fused-ring (bicyclic) bond motifs is 2. The second kappa shape index (κ2) is 5.64. The first-order valence-corrected chi connectivity index (χ1v) is 9.43. The van der Waals surface area contributed by atoms with Gasteiger partial charge in [-0.3, -0.25) is 4.68 Å². The molecule has 3 unspecified atom stereocenters. The van der Waals surface area contributed by atoms with Crippen LogP contribution in [0.15, 0.2) is 0 Å². The Labute approximate surface area is 135 Å². The molecule has 2 aliphatic carbocycles. The van der Waals surface area contributed by atoms with E-state index in [1.54, 1.807) is 0 Å². The topological polar surface area (TPSA) is 17.8 Å². The number of aryl methyl sites for hydroxylation is 2. The molecule has 3 atom stereocenters. The molecule has 0 N–H and O–H groups in total. The Morgan fingerprint density at radius 3 is 2.70 bits per heavy atom. The van der Waals surface area contributed by atoms with Gasteiger partial charge in [0.1, 0.15) is 0 Å². The standard InChI is InChI=1S/C16H24BrClN2/c1-3-13-15(18)14(20(4-2)19-13)9-16(10-17)8-11-5-6-12(16)7-11/h11-12H,3-10H2,1-2H3. The molecule has 2 fully saturated rings. The minimum atomic E-state index is 0.421. The van der Waals surface area contributed by atoms with Gasteiger partial charge < -0.3 is 0 Å². The number of hydrogen-bond donors (Lipinski definition) is 0. The number of aromatic nitrogens is 2. The molecule has 3 rings (SSSR count). The molecular formula is C16H24BrClN2. The molecule has 1 heterocycles. The lowest BCUT2D eigenvalue weighted by atomic mass is 9.71. The minimum Gasteiger partial charge on any atom is -0.268 e.